The van der Waals surface area contributed by atoms with Crippen LogP contribution in [0.4, 0.5) is 0 Å². The Morgan fingerprint density at radius 3 is 2.24 bits per heavy atom. The molecule has 1 heteroatoms. The molecule has 0 aromatic heterocycles. The first kappa shape index (κ1) is 26.5. The zero-order chi connectivity index (χ0) is 25.5. The highest BCUT2D eigenvalue weighted by Gasteiger charge is 2.66. The zero-order valence-corrected chi connectivity index (χ0v) is 24.6. The average molecular weight is 469 g/mol. The lowest BCUT2D eigenvalue weighted by Crippen LogP contribution is -2.56. The molecule has 0 aromatic carbocycles. The van der Waals surface area contributed by atoms with E-state index in [2.05, 4.69) is 82.2 Å². The lowest BCUT2D eigenvalue weighted by Gasteiger charge is -2.62. The van der Waals surface area contributed by atoms with E-state index < -0.39 is 0 Å². The fourth-order valence-corrected chi connectivity index (χ4v) is 9.82. The van der Waals surface area contributed by atoms with Crippen LogP contribution in [0.2, 0.25) is 0 Å². The molecule has 0 amide bonds. The van der Waals surface area contributed by atoms with Crippen LogP contribution < -0.4 is 0 Å². The number of fused-ring (bicyclic) bond motifs is 5. The number of hydrogen-bond donors (Lipinski definition) is 0. The van der Waals surface area contributed by atoms with Crippen LogP contribution >= 0.6 is 0 Å². The molecule has 0 aliphatic heterocycles. The third-order valence-electron chi connectivity index (χ3n) is 13.0. The van der Waals surface area contributed by atoms with E-state index in [9.17, 15) is 4.79 Å². The van der Waals surface area contributed by atoms with Gasteiger partial charge in [-0.25, -0.2) is 0 Å². The lowest BCUT2D eigenvalue weighted by molar-refractivity contribution is -0.134. The van der Waals surface area contributed by atoms with Crippen molar-refractivity contribution in [2.45, 2.75) is 128 Å². The van der Waals surface area contributed by atoms with Gasteiger partial charge in [0.25, 0.3) is 0 Å². The molecule has 0 N–H and O–H groups in total. The summed E-state index contributed by atoms with van der Waals surface area (Å²) in [6, 6.07) is 0. The van der Waals surface area contributed by atoms with Crippen LogP contribution in [0.1, 0.15) is 128 Å². The van der Waals surface area contributed by atoms with E-state index in [4.69, 9.17) is 0 Å². The van der Waals surface area contributed by atoms with E-state index in [1.807, 2.05) is 0 Å². The summed E-state index contributed by atoms with van der Waals surface area (Å²) in [6.07, 6.45) is 12.4. The number of rotatable bonds is 4. The van der Waals surface area contributed by atoms with Gasteiger partial charge in [0.2, 0.25) is 0 Å². The second kappa shape index (κ2) is 8.21. The van der Waals surface area contributed by atoms with Crippen molar-refractivity contribution in [2.75, 3.05) is 0 Å². The topological polar surface area (TPSA) is 17.1 Å². The minimum atomic E-state index is 0.172. The fourth-order valence-electron chi connectivity index (χ4n) is 9.82. The molecule has 1 nitrogen and oxygen atoms in total. The summed E-state index contributed by atoms with van der Waals surface area (Å²) in [5.41, 5.74) is 2.96. The van der Waals surface area contributed by atoms with Crippen LogP contribution in [-0.2, 0) is 4.79 Å². The number of allylic oxidation sites excluding steroid dienone is 2. The predicted octanol–water partition coefficient (Wildman–Crippen LogP) is 9.51. The fraction of sp³-hybridized carbons (Fsp3) is 0.909. The van der Waals surface area contributed by atoms with Crippen LogP contribution in [0.15, 0.2) is 11.6 Å². The SMILES string of the molecule is C[C@@H]1C[C@@H]2C(=O)C=C3C(CC[C@]4(C)[C@@H](C(C)(C)[C@H](C)CCC(C)(C)C)CC[C@@]34C)[C@@]2(C)C[C@@H]1C. The Kier molecular flexibility index (Phi) is 6.39. The molecule has 9 atom stereocenters. The molecule has 0 heterocycles. The highest BCUT2D eigenvalue weighted by Crippen LogP contribution is 2.74. The van der Waals surface area contributed by atoms with Gasteiger partial charge >= 0.3 is 0 Å². The maximum absolute atomic E-state index is 13.7. The van der Waals surface area contributed by atoms with Gasteiger partial charge in [0, 0.05) is 5.92 Å². The average Bonchev–Trinajstić information content (AvgIpc) is 3.00. The van der Waals surface area contributed by atoms with E-state index in [0.717, 1.165) is 24.2 Å². The van der Waals surface area contributed by atoms with Crippen molar-refractivity contribution in [3.05, 3.63) is 11.6 Å². The van der Waals surface area contributed by atoms with Crippen molar-refractivity contribution in [1.82, 2.24) is 0 Å². The van der Waals surface area contributed by atoms with Gasteiger partial charge in [-0.2, -0.15) is 0 Å². The number of hydrogen-bond acceptors (Lipinski definition) is 1. The van der Waals surface area contributed by atoms with E-state index in [-0.39, 0.29) is 16.7 Å². The number of ketones is 1. The molecule has 0 bridgehead atoms. The van der Waals surface area contributed by atoms with Crippen molar-refractivity contribution < 1.29 is 4.79 Å². The highest BCUT2D eigenvalue weighted by atomic mass is 16.1. The van der Waals surface area contributed by atoms with Crippen molar-refractivity contribution in [2.24, 2.45) is 62.6 Å². The summed E-state index contributed by atoms with van der Waals surface area (Å²) < 4.78 is 0. The first-order valence-electron chi connectivity index (χ1n) is 14.7. The molecule has 4 rings (SSSR count). The van der Waals surface area contributed by atoms with E-state index in [1.165, 1.54) is 44.9 Å². The van der Waals surface area contributed by atoms with E-state index >= 15 is 0 Å². The normalized spacial score (nSPS) is 45.8. The molecule has 34 heavy (non-hydrogen) atoms. The molecule has 4 aliphatic carbocycles. The molecule has 0 saturated heterocycles. The molecule has 1 unspecified atom stereocenters. The van der Waals surface area contributed by atoms with Gasteiger partial charge in [-0.15, -0.1) is 0 Å². The van der Waals surface area contributed by atoms with Gasteiger partial charge in [-0.1, -0.05) is 81.7 Å². The quantitative estimate of drug-likeness (QED) is 0.401. The summed E-state index contributed by atoms with van der Waals surface area (Å²) in [5.74, 6) is 4.20. The van der Waals surface area contributed by atoms with Crippen LogP contribution in [-0.4, -0.2) is 5.78 Å². The van der Waals surface area contributed by atoms with E-state index in [0.29, 0.717) is 33.9 Å². The summed E-state index contributed by atoms with van der Waals surface area (Å²) in [6.45, 7) is 27.4. The standard InChI is InChI=1S/C33H56O/c1-21-18-26-27(34)19-25-24(31(26,9)20-22(21)2)13-16-33(11)28(14-17-32(25,33)10)30(7,8)23(3)12-15-29(4,5)6/h19,21-24,26,28H,12-18,20H2,1-11H3/t21-,22+,23-,24?,26-,28-,31-,32+,33-/m1/s1. The maximum atomic E-state index is 13.7. The van der Waals surface area contributed by atoms with Crippen LogP contribution in [0, 0.1) is 62.6 Å². The third-order valence-corrected chi connectivity index (χ3v) is 13.0. The molecule has 0 spiro atoms. The Morgan fingerprint density at radius 2 is 1.62 bits per heavy atom. The minimum Gasteiger partial charge on any atom is -0.295 e. The first-order valence-corrected chi connectivity index (χ1v) is 14.7. The second-order valence-corrected chi connectivity index (χ2v) is 16.2. The smallest absolute Gasteiger partial charge is 0.159 e. The van der Waals surface area contributed by atoms with Gasteiger partial charge in [-0.05, 0) is 114 Å². The van der Waals surface area contributed by atoms with Crippen molar-refractivity contribution in [3.8, 4) is 0 Å². The van der Waals surface area contributed by atoms with Crippen LogP contribution in [0.25, 0.3) is 0 Å². The van der Waals surface area contributed by atoms with Crippen LogP contribution in [0.5, 0.6) is 0 Å². The molecule has 3 saturated carbocycles. The van der Waals surface area contributed by atoms with Gasteiger partial charge in [0.1, 0.15) is 0 Å². The number of carbonyl (C=O) groups is 1. The zero-order valence-electron chi connectivity index (χ0n) is 24.6. The van der Waals surface area contributed by atoms with Crippen molar-refractivity contribution >= 4 is 5.78 Å². The predicted molar refractivity (Wildman–Crippen MR) is 146 cm³/mol. The van der Waals surface area contributed by atoms with E-state index in [1.54, 1.807) is 5.57 Å². The molecular weight excluding hydrogens is 412 g/mol. The maximum Gasteiger partial charge on any atom is 0.159 e. The second-order valence-electron chi connectivity index (χ2n) is 16.2. The Hall–Kier alpha value is -0.590. The van der Waals surface area contributed by atoms with Crippen LogP contribution in [0.3, 0.4) is 0 Å². The summed E-state index contributed by atoms with van der Waals surface area (Å²) in [5, 5.41) is 0. The third kappa shape index (κ3) is 3.80. The number of carbonyl (C=O) groups excluding carboxylic acids is 1. The van der Waals surface area contributed by atoms with Gasteiger partial charge in [0.15, 0.2) is 5.78 Å². The Morgan fingerprint density at radius 1 is 0.971 bits per heavy atom. The Labute approximate surface area is 212 Å². The summed E-state index contributed by atoms with van der Waals surface area (Å²) >= 11 is 0. The van der Waals surface area contributed by atoms with Gasteiger partial charge in [0.05, 0.1) is 0 Å². The monoisotopic (exact) mass is 468 g/mol. The van der Waals surface area contributed by atoms with Crippen molar-refractivity contribution in [1.29, 1.82) is 0 Å². The minimum absolute atomic E-state index is 0.172. The molecule has 3 fully saturated rings. The van der Waals surface area contributed by atoms with Gasteiger partial charge < -0.3 is 0 Å². The molecule has 194 valence electrons. The highest BCUT2D eigenvalue weighted by molar-refractivity contribution is 5.94. The lowest BCUT2D eigenvalue weighted by atomic mass is 9.41. The largest absolute Gasteiger partial charge is 0.295 e. The molecular formula is C33H56O. The first-order chi connectivity index (χ1) is 15.5. The Balaban J connectivity index is 1.66. The molecule has 0 radical (unpaired) electrons. The van der Waals surface area contributed by atoms with Crippen molar-refractivity contribution in [3.63, 3.8) is 0 Å². The Bertz CT molecular complexity index is 841. The summed E-state index contributed by atoms with van der Waals surface area (Å²) in [4.78, 5) is 13.7. The molecule has 0 aromatic rings. The molecule has 4 aliphatic rings. The summed E-state index contributed by atoms with van der Waals surface area (Å²) in [7, 11) is 0. The van der Waals surface area contributed by atoms with Gasteiger partial charge in [-0.3, -0.25) is 4.79 Å².